The number of amides is 1. The summed E-state index contributed by atoms with van der Waals surface area (Å²) >= 11 is 0. The molecule has 1 N–H and O–H groups in total. The number of nitrogens with zero attached hydrogens (tertiary/aromatic N) is 1. The topological polar surface area (TPSA) is 50.8 Å². The van der Waals surface area contributed by atoms with Crippen LogP contribution in [0.25, 0.3) is 0 Å². The van der Waals surface area contributed by atoms with Crippen LogP contribution in [0.4, 0.5) is 11.4 Å². The van der Waals surface area contributed by atoms with E-state index in [9.17, 15) is 4.79 Å². The molecule has 2 heterocycles. The van der Waals surface area contributed by atoms with Gasteiger partial charge in [-0.2, -0.15) is 0 Å². The molecule has 1 atom stereocenters. The third-order valence-corrected chi connectivity index (χ3v) is 3.10. The van der Waals surface area contributed by atoms with E-state index in [2.05, 4.69) is 11.9 Å². The lowest BCUT2D eigenvalue weighted by atomic mass is 10.1. The molecule has 0 spiro atoms. The number of hydrogen-bond acceptors (Lipinski definition) is 4. The van der Waals surface area contributed by atoms with E-state index < -0.39 is 0 Å². The number of rotatable bonds is 2. The summed E-state index contributed by atoms with van der Waals surface area (Å²) in [6.07, 6.45) is 1.71. The van der Waals surface area contributed by atoms with Gasteiger partial charge >= 0.3 is 0 Å². The van der Waals surface area contributed by atoms with Crippen LogP contribution in [0.1, 0.15) is 6.92 Å². The minimum Gasteiger partial charge on any atom is -0.454 e. The van der Waals surface area contributed by atoms with Gasteiger partial charge < -0.3 is 19.7 Å². The maximum atomic E-state index is 12.1. The number of anilines is 2. The van der Waals surface area contributed by atoms with Crippen LogP contribution >= 0.6 is 0 Å². The highest BCUT2D eigenvalue weighted by atomic mass is 16.7. The monoisotopic (exact) mass is 246 g/mol. The van der Waals surface area contributed by atoms with Crippen molar-refractivity contribution in [3.05, 3.63) is 24.8 Å². The molecule has 5 nitrogen and oxygen atoms in total. The van der Waals surface area contributed by atoms with Crippen LogP contribution in [0.2, 0.25) is 0 Å². The summed E-state index contributed by atoms with van der Waals surface area (Å²) in [7, 11) is 0. The van der Waals surface area contributed by atoms with Crippen molar-refractivity contribution in [2.45, 2.75) is 13.0 Å². The van der Waals surface area contributed by atoms with Crippen molar-refractivity contribution in [3.8, 4) is 11.5 Å². The molecule has 18 heavy (non-hydrogen) atoms. The van der Waals surface area contributed by atoms with Gasteiger partial charge in [-0.1, -0.05) is 6.08 Å². The predicted molar refractivity (Wildman–Crippen MR) is 68.2 cm³/mol. The third kappa shape index (κ3) is 1.51. The van der Waals surface area contributed by atoms with E-state index in [4.69, 9.17) is 9.47 Å². The first-order chi connectivity index (χ1) is 8.70. The summed E-state index contributed by atoms with van der Waals surface area (Å²) in [6, 6.07) is 3.45. The van der Waals surface area contributed by atoms with Crippen LogP contribution in [-0.4, -0.2) is 25.3 Å². The SMILES string of the molecule is C=CCN1C(=O)C(C)Nc2cc3c(cc21)OCO3. The summed E-state index contributed by atoms with van der Waals surface area (Å²) in [4.78, 5) is 13.8. The number of hydrogen-bond donors (Lipinski definition) is 1. The van der Waals surface area contributed by atoms with Crippen molar-refractivity contribution in [2.24, 2.45) is 0 Å². The Morgan fingerprint density at radius 2 is 2.22 bits per heavy atom. The van der Waals surface area contributed by atoms with Gasteiger partial charge in [0.25, 0.3) is 0 Å². The molecule has 2 aliphatic heterocycles. The smallest absolute Gasteiger partial charge is 0.249 e. The van der Waals surface area contributed by atoms with Gasteiger partial charge in [0.2, 0.25) is 12.7 Å². The summed E-state index contributed by atoms with van der Waals surface area (Å²) in [5, 5.41) is 3.17. The average Bonchev–Trinajstić information content (AvgIpc) is 2.80. The van der Waals surface area contributed by atoms with Crippen LogP contribution < -0.4 is 19.7 Å². The standard InChI is InChI=1S/C13H14N2O3/c1-3-4-15-10-6-12-11(17-7-18-12)5-9(10)14-8(2)13(15)16/h3,5-6,8,14H,1,4,7H2,2H3. The number of carbonyl (C=O) groups excluding carboxylic acids is 1. The van der Waals surface area contributed by atoms with E-state index in [1.54, 1.807) is 11.0 Å². The molecule has 0 aromatic heterocycles. The first-order valence-corrected chi connectivity index (χ1v) is 5.83. The third-order valence-electron chi connectivity index (χ3n) is 3.10. The van der Waals surface area contributed by atoms with Crippen molar-refractivity contribution in [1.29, 1.82) is 0 Å². The van der Waals surface area contributed by atoms with Crippen LogP contribution in [0.3, 0.4) is 0 Å². The van der Waals surface area contributed by atoms with Crippen molar-refractivity contribution in [3.63, 3.8) is 0 Å². The minimum absolute atomic E-state index is 0.0289. The highest BCUT2D eigenvalue weighted by molar-refractivity contribution is 6.05. The van der Waals surface area contributed by atoms with Crippen LogP contribution in [-0.2, 0) is 4.79 Å². The molecule has 2 aliphatic rings. The number of fused-ring (bicyclic) bond motifs is 2. The maximum absolute atomic E-state index is 12.1. The Morgan fingerprint density at radius 1 is 1.50 bits per heavy atom. The molecule has 0 saturated heterocycles. The normalized spacial score (nSPS) is 20.4. The lowest BCUT2D eigenvalue weighted by Gasteiger charge is -2.33. The average molecular weight is 246 g/mol. The molecule has 1 aromatic carbocycles. The molecule has 0 bridgehead atoms. The molecule has 3 rings (SSSR count). The fourth-order valence-electron chi connectivity index (χ4n) is 2.24. The highest BCUT2D eigenvalue weighted by Gasteiger charge is 2.31. The van der Waals surface area contributed by atoms with Crippen LogP contribution in [0, 0.1) is 0 Å². The second-order valence-electron chi connectivity index (χ2n) is 4.33. The molecule has 94 valence electrons. The fourth-order valence-corrected chi connectivity index (χ4v) is 2.24. The van der Waals surface area contributed by atoms with Crippen LogP contribution in [0.15, 0.2) is 24.8 Å². The summed E-state index contributed by atoms with van der Waals surface area (Å²) in [5.74, 6) is 1.41. The predicted octanol–water partition coefficient (Wildman–Crippen LogP) is 1.75. The molecule has 0 radical (unpaired) electrons. The molecule has 0 fully saturated rings. The molecule has 1 amide bonds. The molecule has 0 saturated carbocycles. The minimum atomic E-state index is -0.252. The molecular formula is C13H14N2O3. The fraction of sp³-hybridized carbons (Fsp3) is 0.308. The first kappa shape index (κ1) is 11.0. The Bertz CT molecular complexity index is 527. The zero-order valence-corrected chi connectivity index (χ0v) is 10.1. The van der Waals surface area contributed by atoms with Crippen LogP contribution in [0.5, 0.6) is 11.5 Å². The molecule has 1 aromatic rings. The highest BCUT2D eigenvalue weighted by Crippen LogP contribution is 2.43. The van der Waals surface area contributed by atoms with Gasteiger partial charge in [0.05, 0.1) is 11.4 Å². The Morgan fingerprint density at radius 3 is 2.94 bits per heavy atom. The van der Waals surface area contributed by atoms with E-state index in [0.29, 0.717) is 18.0 Å². The van der Waals surface area contributed by atoms with E-state index in [0.717, 1.165) is 11.4 Å². The van der Waals surface area contributed by atoms with E-state index in [1.165, 1.54) is 0 Å². The molecule has 5 heteroatoms. The molecule has 0 aliphatic carbocycles. The van der Waals surface area contributed by atoms with Crippen molar-refractivity contribution in [2.75, 3.05) is 23.6 Å². The number of ether oxygens (including phenoxy) is 2. The van der Waals surface area contributed by atoms with Gasteiger partial charge in [-0.15, -0.1) is 6.58 Å². The second kappa shape index (κ2) is 3.94. The number of benzene rings is 1. The quantitative estimate of drug-likeness (QED) is 0.808. The van der Waals surface area contributed by atoms with E-state index in [-0.39, 0.29) is 18.7 Å². The van der Waals surface area contributed by atoms with Gasteiger partial charge in [0.1, 0.15) is 6.04 Å². The van der Waals surface area contributed by atoms with Crippen molar-refractivity contribution < 1.29 is 14.3 Å². The van der Waals surface area contributed by atoms with E-state index >= 15 is 0 Å². The van der Waals surface area contributed by atoms with Crippen molar-refractivity contribution in [1.82, 2.24) is 0 Å². The van der Waals surface area contributed by atoms with Gasteiger partial charge in [-0.05, 0) is 6.92 Å². The molecular weight excluding hydrogens is 232 g/mol. The van der Waals surface area contributed by atoms with Gasteiger partial charge in [-0.3, -0.25) is 4.79 Å². The Balaban J connectivity index is 2.10. The second-order valence-corrected chi connectivity index (χ2v) is 4.33. The zero-order chi connectivity index (χ0) is 12.7. The lowest BCUT2D eigenvalue weighted by molar-refractivity contribution is -0.119. The Labute approximate surface area is 105 Å². The Hall–Kier alpha value is -2.17. The Kier molecular flexibility index (Phi) is 2.40. The zero-order valence-electron chi connectivity index (χ0n) is 10.1. The van der Waals surface area contributed by atoms with Crippen molar-refractivity contribution >= 4 is 17.3 Å². The summed E-state index contributed by atoms with van der Waals surface area (Å²) in [5.41, 5.74) is 1.69. The largest absolute Gasteiger partial charge is 0.454 e. The van der Waals surface area contributed by atoms with E-state index in [1.807, 2.05) is 19.1 Å². The van der Waals surface area contributed by atoms with Gasteiger partial charge in [0, 0.05) is 18.7 Å². The molecule has 1 unspecified atom stereocenters. The maximum Gasteiger partial charge on any atom is 0.249 e. The summed E-state index contributed by atoms with van der Waals surface area (Å²) in [6.45, 7) is 6.24. The first-order valence-electron chi connectivity index (χ1n) is 5.83. The van der Waals surface area contributed by atoms with Gasteiger partial charge in [0.15, 0.2) is 11.5 Å². The number of nitrogens with one attached hydrogen (secondary N) is 1. The lowest BCUT2D eigenvalue weighted by Crippen LogP contribution is -2.45. The summed E-state index contributed by atoms with van der Waals surface area (Å²) < 4.78 is 10.7. The number of carbonyl (C=O) groups is 1. The van der Waals surface area contributed by atoms with Gasteiger partial charge in [-0.25, -0.2) is 0 Å².